The van der Waals surface area contributed by atoms with Crippen LogP contribution in [0.4, 0.5) is 4.79 Å². The van der Waals surface area contributed by atoms with E-state index in [0.717, 1.165) is 66.8 Å². The molecule has 1 aliphatic carbocycles. The molecule has 2 saturated heterocycles. The third-order valence-electron chi connectivity index (χ3n) is 7.71. The van der Waals surface area contributed by atoms with Gasteiger partial charge in [-0.15, -0.1) is 0 Å². The molecule has 1 aromatic carbocycles. The SMILES string of the molecule is C.NC(=O)N1CCC(NC(=O)C2CCN(C3c4ccc(Cl)cc4CCc4cc(Br)cnc43)CC2)CC1. The van der Waals surface area contributed by atoms with Gasteiger partial charge in [0.25, 0.3) is 0 Å². The lowest BCUT2D eigenvalue weighted by molar-refractivity contribution is -0.127. The summed E-state index contributed by atoms with van der Waals surface area (Å²) >= 11 is 9.94. The quantitative estimate of drug-likeness (QED) is 0.555. The van der Waals surface area contributed by atoms with Crippen LogP contribution in [0.5, 0.6) is 0 Å². The van der Waals surface area contributed by atoms with Crippen LogP contribution in [0.2, 0.25) is 5.02 Å². The molecule has 194 valence electrons. The Morgan fingerprint density at radius 3 is 2.42 bits per heavy atom. The number of amides is 3. The van der Waals surface area contributed by atoms with E-state index in [0.29, 0.717) is 13.1 Å². The van der Waals surface area contributed by atoms with Crippen molar-refractivity contribution in [1.82, 2.24) is 20.1 Å². The van der Waals surface area contributed by atoms with Gasteiger partial charge in [0.15, 0.2) is 0 Å². The van der Waals surface area contributed by atoms with E-state index in [1.165, 1.54) is 16.7 Å². The summed E-state index contributed by atoms with van der Waals surface area (Å²) in [5.74, 6) is 0.144. The Morgan fingerprint density at radius 1 is 1.03 bits per heavy atom. The molecule has 36 heavy (non-hydrogen) atoms. The molecule has 3 aliphatic rings. The number of aryl methyl sites for hydroxylation is 2. The molecule has 3 amide bonds. The molecule has 5 rings (SSSR count). The topological polar surface area (TPSA) is 91.6 Å². The third-order valence-corrected chi connectivity index (χ3v) is 8.38. The molecule has 9 heteroatoms. The van der Waals surface area contributed by atoms with E-state index in [4.69, 9.17) is 22.3 Å². The first-order chi connectivity index (χ1) is 16.9. The fourth-order valence-corrected chi connectivity index (χ4v) is 6.34. The maximum atomic E-state index is 13.0. The number of pyridine rings is 1. The number of nitrogens with zero attached hydrogens (tertiary/aromatic N) is 3. The van der Waals surface area contributed by atoms with Gasteiger partial charge in [0, 0.05) is 40.7 Å². The molecule has 1 aromatic heterocycles. The number of aromatic nitrogens is 1. The average molecular weight is 577 g/mol. The van der Waals surface area contributed by atoms with Crippen molar-refractivity contribution < 1.29 is 9.59 Å². The van der Waals surface area contributed by atoms with E-state index in [1.54, 1.807) is 4.90 Å². The number of carbonyl (C=O) groups is 2. The van der Waals surface area contributed by atoms with Crippen LogP contribution in [0.25, 0.3) is 0 Å². The van der Waals surface area contributed by atoms with Crippen LogP contribution < -0.4 is 11.1 Å². The zero-order valence-electron chi connectivity index (χ0n) is 19.7. The molecule has 0 bridgehead atoms. The molecule has 0 saturated carbocycles. The Kier molecular flexibility index (Phi) is 8.58. The molecule has 7 nitrogen and oxygen atoms in total. The predicted molar refractivity (Wildman–Crippen MR) is 146 cm³/mol. The first-order valence-corrected chi connectivity index (χ1v) is 13.6. The zero-order valence-corrected chi connectivity index (χ0v) is 22.0. The highest BCUT2D eigenvalue weighted by Gasteiger charge is 2.35. The summed E-state index contributed by atoms with van der Waals surface area (Å²) in [6.07, 6.45) is 6.90. The van der Waals surface area contributed by atoms with E-state index < -0.39 is 0 Å². The molecule has 1 atom stereocenters. The van der Waals surface area contributed by atoms with Gasteiger partial charge in [-0.05, 0) is 102 Å². The van der Waals surface area contributed by atoms with Gasteiger partial charge in [0.1, 0.15) is 0 Å². The average Bonchev–Trinajstić information content (AvgIpc) is 3.00. The number of nitrogens with one attached hydrogen (secondary N) is 1. The van der Waals surface area contributed by atoms with Crippen LogP contribution >= 0.6 is 27.5 Å². The Morgan fingerprint density at radius 2 is 1.72 bits per heavy atom. The largest absolute Gasteiger partial charge is 0.353 e. The monoisotopic (exact) mass is 575 g/mol. The van der Waals surface area contributed by atoms with Crippen LogP contribution in [0.1, 0.15) is 61.5 Å². The number of carbonyl (C=O) groups excluding carboxylic acids is 2. The highest BCUT2D eigenvalue weighted by molar-refractivity contribution is 9.10. The molecular weight excluding hydrogens is 542 g/mol. The van der Waals surface area contributed by atoms with Crippen LogP contribution in [-0.2, 0) is 17.6 Å². The van der Waals surface area contributed by atoms with Crippen LogP contribution in [0.3, 0.4) is 0 Å². The number of benzene rings is 1. The number of likely N-dealkylation sites (tertiary alicyclic amines) is 2. The van der Waals surface area contributed by atoms with E-state index in [-0.39, 0.29) is 37.4 Å². The summed E-state index contributed by atoms with van der Waals surface area (Å²) in [5.41, 5.74) is 10.3. The lowest BCUT2D eigenvalue weighted by Crippen LogP contribution is -2.50. The summed E-state index contributed by atoms with van der Waals surface area (Å²) < 4.78 is 0.996. The van der Waals surface area contributed by atoms with Crippen molar-refractivity contribution in [2.45, 2.75) is 58.0 Å². The number of fused-ring (bicyclic) bond motifs is 2. The highest BCUT2D eigenvalue weighted by Crippen LogP contribution is 2.39. The molecular formula is C27H35BrClN5O2. The van der Waals surface area contributed by atoms with Crippen molar-refractivity contribution >= 4 is 39.5 Å². The second-order valence-corrected chi connectivity index (χ2v) is 11.2. The normalized spacial score (nSPS) is 21.1. The zero-order chi connectivity index (χ0) is 24.5. The van der Waals surface area contributed by atoms with Gasteiger partial charge >= 0.3 is 6.03 Å². The Labute approximate surface area is 226 Å². The summed E-state index contributed by atoms with van der Waals surface area (Å²) in [6.45, 7) is 2.88. The first-order valence-electron chi connectivity index (χ1n) is 12.4. The van der Waals surface area contributed by atoms with Gasteiger partial charge in [0.05, 0.1) is 11.7 Å². The number of urea groups is 1. The maximum Gasteiger partial charge on any atom is 0.314 e. The lowest BCUT2D eigenvalue weighted by Gasteiger charge is -2.38. The van der Waals surface area contributed by atoms with Crippen LogP contribution in [0, 0.1) is 5.92 Å². The Bertz CT molecular complexity index is 1060. The number of primary amides is 1. The Balaban J connectivity index is 0.00000304. The van der Waals surface area contributed by atoms with Gasteiger partial charge in [0.2, 0.25) is 5.91 Å². The fourth-order valence-electron chi connectivity index (χ4n) is 5.77. The smallest absolute Gasteiger partial charge is 0.314 e. The van der Waals surface area contributed by atoms with Crippen molar-refractivity contribution in [2.24, 2.45) is 11.7 Å². The molecule has 2 fully saturated rings. The Hall–Kier alpha value is -2.16. The van der Waals surface area contributed by atoms with Gasteiger partial charge in [-0.1, -0.05) is 25.1 Å². The van der Waals surface area contributed by atoms with Crippen molar-refractivity contribution in [3.8, 4) is 0 Å². The van der Waals surface area contributed by atoms with Crippen molar-refractivity contribution in [1.29, 1.82) is 0 Å². The van der Waals surface area contributed by atoms with Gasteiger partial charge in [-0.2, -0.15) is 0 Å². The highest BCUT2D eigenvalue weighted by atomic mass is 79.9. The molecule has 3 heterocycles. The third kappa shape index (κ3) is 5.71. The molecule has 2 aromatic rings. The number of piperidine rings is 2. The number of hydrogen-bond donors (Lipinski definition) is 2. The molecule has 2 aliphatic heterocycles. The summed E-state index contributed by atoms with van der Waals surface area (Å²) in [4.78, 5) is 33.4. The molecule has 0 radical (unpaired) electrons. The minimum absolute atomic E-state index is 0. The van der Waals surface area contributed by atoms with Crippen molar-refractivity contribution in [3.05, 3.63) is 62.3 Å². The van der Waals surface area contributed by atoms with Crippen LogP contribution in [0.15, 0.2) is 34.9 Å². The maximum absolute atomic E-state index is 13.0. The summed E-state index contributed by atoms with van der Waals surface area (Å²) in [7, 11) is 0. The van der Waals surface area contributed by atoms with Gasteiger partial charge in [-0.3, -0.25) is 14.7 Å². The van der Waals surface area contributed by atoms with E-state index in [2.05, 4.69) is 44.3 Å². The fraction of sp³-hybridized carbons (Fsp3) is 0.519. The number of nitrogens with two attached hydrogens (primary N) is 1. The van der Waals surface area contributed by atoms with E-state index in [9.17, 15) is 9.59 Å². The van der Waals surface area contributed by atoms with Crippen molar-refractivity contribution in [3.63, 3.8) is 0 Å². The number of hydrogen-bond acceptors (Lipinski definition) is 4. The molecule has 0 spiro atoms. The van der Waals surface area contributed by atoms with E-state index >= 15 is 0 Å². The minimum Gasteiger partial charge on any atom is -0.353 e. The lowest BCUT2D eigenvalue weighted by atomic mass is 9.90. The minimum atomic E-state index is -0.382. The second-order valence-electron chi connectivity index (χ2n) is 9.86. The summed E-state index contributed by atoms with van der Waals surface area (Å²) in [5, 5.41) is 3.99. The van der Waals surface area contributed by atoms with Crippen molar-refractivity contribution in [2.75, 3.05) is 26.2 Å². The second kappa shape index (κ2) is 11.5. The summed E-state index contributed by atoms with van der Waals surface area (Å²) in [6, 6.07) is 8.20. The molecule has 3 N–H and O–H groups in total. The molecule has 1 unspecified atom stereocenters. The van der Waals surface area contributed by atoms with Crippen LogP contribution in [-0.4, -0.2) is 58.9 Å². The first kappa shape index (κ1) is 26.9. The van der Waals surface area contributed by atoms with E-state index in [1.807, 2.05) is 12.3 Å². The van der Waals surface area contributed by atoms with Gasteiger partial charge < -0.3 is 16.0 Å². The number of halogens is 2. The predicted octanol–water partition coefficient (Wildman–Crippen LogP) is 4.69. The number of rotatable bonds is 3. The van der Waals surface area contributed by atoms with Gasteiger partial charge in [-0.25, -0.2) is 4.79 Å². The standard InChI is InChI=1S/C26H31BrClN5O2.CH4/c27-19-13-18-2-1-17-14-20(28)3-4-22(17)24(23(18)30-15-19)32-9-5-16(6-10-32)25(34)31-21-7-11-33(12-8-21)26(29)35;/h3-4,13-16,21,24H,1-2,5-12H2,(H2,29,35)(H,31,34);1H4.